The van der Waals surface area contributed by atoms with E-state index in [2.05, 4.69) is 15.5 Å². The number of thiophene rings is 1. The van der Waals surface area contributed by atoms with Crippen LogP contribution in [0.2, 0.25) is 0 Å². The molecule has 0 radical (unpaired) electrons. The van der Waals surface area contributed by atoms with E-state index in [9.17, 15) is 18.0 Å². The van der Waals surface area contributed by atoms with Gasteiger partial charge in [-0.2, -0.15) is 0 Å². The number of carbonyl (C=O) groups is 2. The minimum atomic E-state index is -4.20. The first-order valence-corrected chi connectivity index (χ1v) is 12.0. The Morgan fingerprint density at radius 3 is 2.59 bits per heavy atom. The van der Waals surface area contributed by atoms with Crippen molar-refractivity contribution in [1.29, 1.82) is 0 Å². The molecule has 10 nitrogen and oxygen atoms in total. The van der Waals surface area contributed by atoms with Crippen LogP contribution < -0.4 is 10.1 Å². The Bertz CT molecular complexity index is 1280. The van der Waals surface area contributed by atoms with Crippen LogP contribution in [0.25, 0.3) is 11.5 Å². The summed E-state index contributed by atoms with van der Waals surface area (Å²) < 4.78 is 40.4. The first-order chi connectivity index (χ1) is 15.3. The Kier molecular flexibility index (Phi) is 5.98. The number of aryl methyl sites for hydroxylation is 1. The lowest BCUT2D eigenvalue weighted by Gasteiger charge is -2.06. The Balaban J connectivity index is 1.50. The second-order valence-electron chi connectivity index (χ2n) is 6.96. The predicted octanol–water partition coefficient (Wildman–Crippen LogP) is 2.49. The molecule has 2 aromatic heterocycles. The topological polar surface area (TPSA) is 138 Å². The zero-order valence-corrected chi connectivity index (χ0v) is 18.8. The normalized spacial score (nSPS) is 12.9. The van der Waals surface area contributed by atoms with E-state index in [1.807, 2.05) is 0 Å². The first kappa shape index (κ1) is 22.0. The standard InChI is InChI=1S/C20H19N3O7S2/c1-28-12-8-6-11(7-9-12)17-22-23-20(30-17)32(26,27)10-15(24)21-18-16(19(25)29-2)13-4-3-5-14(13)31-18/h6-9H,3-5,10H2,1-2H3,(H,21,24). The molecule has 3 aromatic rings. The van der Waals surface area contributed by atoms with Crippen molar-refractivity contribution in [1.82, 2.24) is 10.2 Å². The van der Waals surface area contributed by atoms with Gasteiger partial charge in [0.15, 0.2) is 0 Å². The maximum Gasteiger partial charge on any atom is 0.341 e. The van der Waals surface area contributed by atoms with E-state index in [1.165, 1.54) is 25.6 Å². The van der Waals surface area contributed by atoms with Gasteiger partial charge in [-0.1, -0.05) is 5.10 Å². The van der Waals surface area contributed by atoms with Gasteiger partial charge in [-0.15, -0.1) is 16.4 Å². The predicted molar refractivity (Wildman–Crippen MR) is 115 cm³/mol. The number of nitrogens with one attached hydrogen (secondary N) is 1. The molecule has 12 heteroatoms. The quantitative estimate of drug-likeness (QED) is 0.509. The van der Waals surface area contributed by atoms with Gasteiger partial charge < -0.3 is 19.2 Å². The largest absolute Gasteiger partial charge is 0.497 e. The fourth-order valence-electron chi connectivity index (χ4n) is 3.39. The summed E-state index contributed by atoms with van der Waals surface area (Å²) in [6.45, 7) is 0. The van der Waals surface area contributed by atoms with Gasteiger partial charge in [0.25, 0.3) is 0 Å². The number of methoxy groups -OCH3 is 2. The van der Waals surface area contributed by atoms with Crippen molar-refractivity contribution in [3.63, 3.8) is 0 Å². The van der Waals surface area contributed by atoms with Gasteiger partial charge in [-0.05, 0) is 49.1 Å². The zero-order valence-electron chi connectivity index (χ0n) is 17.2. The Hall–Kier alpha value is -3.25. The summed E-state index contributed by atoms with van der Waals surface area (Å²) in [5.41, 5.74) is 1.64. The average Bonchev–Trinajstić information content (AvgIpc) is 3.49. The first-order valence-electron chi connectivity index (χ1n) is 9.55. The van der Waals surface area contributed by atoms with Gasteiger partial charge in [0.05, 0.1) is 19.8 Å². The summed E-state index contributed by atoms with van der Waals surface area (Å²) in [7, 11) is -1.42. The fraction of sp³-hybridized carbons (Fsp3) is 0.300. The number of hydrogen-bond acceptors (Lipinski definition) is 10. The molecule has 1 aliphatic rings. The maximum atomic E-state index is 12.6. The molecule has 1 aliphatic carbocycles. The third-order valence-electron chi connectivity index (χ3n) is 4.89. The molecule has 0 fully saturated rings. The SMILES string of the molecule is COC(=O)c1c(NC(=O)CS(=O)(=O)c2nnc(-c3ccc(OC)cc3)o2)sc2c1CCC2. The van der Waals surface area contributed by atoms with Crippen molar-refractivity contribution in [3.8, 4) is 17.2 Å². The van der Waals surface area contributed by atoms with E-state index >= 15 is 0 Å². The Morgan fingerprint density at radius 1 is 1.16 bits per heavy atom. The van der Waals surface area contributed by atoms with Crippen molar-refractivity contribution in [2.75, 3.05) is 25.3 Å². The number of ether oxygens (including phenoxy) is 2. The van der Waals surface area contributed by atoms with E-state index in [-0.39, 0.29) is 16.5 Å². The highest BCUT2D eigenvalue weighted by molar-refractivity contribution is 7.91. The number of fused-ring (bicyclic) bond motifs is 1. The second kappa shape index (κ2) is 8.71. The van der Waals surface area contributed by atoms with Crippen LogP contribution in [0.4, 0.5) is 5.00 Å². The van der Waals surface area contributed by atoms with Crippen LogP contribution in [-0.4, -0.2) is 50.5 Å². The highest BCUT2D eigenvalue weighted by atomic mass is 32.2. The van der Waals surface area contributed by atoms with Crippen molar-refractivity contribution in [2.45, 2.75) is 24.5 Å². The van der Waals surface area contributed by atoms with Crippen LogP contribution in [0.5, 0.6) is 5.75 Å². The molecule has 0 spiro atoms. The number of aromatic nitrogens is 2. The van der Waals surface area contributed by atoms with Gasteiger partial charge in [0, 0.05) is 10.4 Å². The van der Waals surface area contributed by atoms with Gasteiger partial charge in [-0.3, -0.25) is 4.79 Å². The molecule has 0 unspecified atom stereocenters. The fourth-order valence-corrected chi connectivity index (χ4v) is 5.60. The van der Waals surface area contributed by atoms with Crippen molar-refractivity contribution in [2.24, 2.45) is 0 Å². The number of carbonyl (C=O) groups excluding carboxylic acids is 2. The third-order valence-corrected chi connectivity index (χ3v) is 7.44. The van der Waals surface area contributed by atoms with Gasteiger partial charge in [0.1, 0.15) is 16.5 Å². The van der Waals surface area contributed by atoms with Crippen LogP contribution in [0.15, 0.2) is 33.9 Å². The molecular formula is C20H19N3O7S2. The number of sulfone groups is 1. The maximum absolute atomic E-state index is 12.6. The molecule has 1 amide bonds. The number of amides is 1. The molecule has 4 rings (SSSR count). The van der Waals surface area contributed by atoms with Gasteiger partial charge >= 0.3 is 11.2 Å². The van der Waals surface area contributed by atoms with Crippen LogP contribution in [-0.2, 0) is 32.2 Å². The second-order valence-corrected chi connectivity index (χ2v) is 9.93. The van der Waals surface area contributed by atoms with Crippen LogP contribution in [0.3, 0.4) is 0 Å². The highest BCUT2D eigenvalue weighted by Crippen LogP contribution is 2.39. The number of hydrogen-bond donors (Lipinski definition) is 1. The minimum Gasteiger partial charge on any atom is -0.497 e. The summed E-state index contributed by atoms with van der Waals surface area (Å²) in [4.78, 5) is 25.7. The van der Waals surface area contributed by atoms with E-state index in [1.54, 1.807) is 24.3 Å². The number of benzene rings is 1. The summed E-state index contributed by atoms with van der Waals surface area (Å²) in [6.07, 6.45) is 2.43. The molecule has 1 N–H and O–H groups in total. The average molecular weight is 478 g/mol. The van der Waals surface area contributed by atoms with Crippen molar-refractivity contribution < 1.29 is 31.9 Å². The molecular weight excluding hydrogens is 458 g/mol. The monoisotopic (exact) mass is 477 g/mol. The number of esters is 1. The summed E-state index contributed by atoms with van der Waals surface area (Å²) >= 11 is 1.26. The van der Waals surface area contributed by atoms with Crippen LogP contribution in [0, 0.1) is 0 Å². The summed E-state index contributed by atoms with van der Waals surface area (Å²) in [6, 6.07) is 6.61. The molecule has 0 aliphatic heterocycles. The van der Waals surface area contributed by atoms with Gasteiger partial charge in [-0.25, -0.2) is 13.2 Å². The zero-order chi connectivity index (χ0) is 22.9. The van der Waals surface area contributed by atoms with E-state index in [0.29, 0.717) is 17.7 Å². The third kappa shape index (κ3) is 4.23. The van der Waals surface area contributed by atoms with Crippen LogP contribution in [0.1, 0.15) is 27.2 Å². The lowest BCUT2D eigenvalue weighted by Crippen LogP contribution is -2.24. The van der Waals surface area contributed by atoms with Gasteiger partial charge in [0.2, 0.25) is 21.6 Å². The van der Waals surface area contributed by atoms with E-state index in [4.69, 9.17) is 13.9 Å². The molecule has 168 valence electrons. The van der Waals surface area contributed by atoms with Crippen molar-refractivity contribution >= 4 is 38.1 Å². The molecule has 1 aromatic carbocycles. The summed E-state index contributed by atoms with van der Waals surface area (Å²) in [5, 5.41) is 9.48. The molecule has 0 bridgehead atoms. The lowest BCUT2D eigenvalue weighted by atomic mass is 10.1. The smallest absolute Gasteiger partial charge is 0.341 e. The van der Waals surface area contributed by atoms with E-state index in [0.717, 1.165) is 23.3 Å². The van der Waals surface area contributed by atoms with Crippen molar-refractivity contribution in [3.05, 3.63) is 40.3 Å². The number of nitrogens with zero attached hydrogens (tertiary/aromatic N) is 2. The lowest BCUT2D eigenvalue weighted by molar-refractivity contribution is -0.113. The van der Waals surface area contributed by atoms with Crippen LogP contribution >= 0.6 is 11.3 Å². The number of rotatable bonds is 7. The Morgan fingerprint density at radius 2 is 1.91 bits per heavy atom. The highest BCUT2D eigenvalue weighted by Gasteiger charge is 2.30. The van der Waals surface area contributed by atoms with E-state index < -0.39 is 32.7 Å². The molecule has 0 saturated heterocycles. The minimum absolute atomic E-state index is 0.00528. The molecule has 32 heavy (non-hydrogen) atoms. The molecule has 0 saturated carbocycles. The molecule has 0 atom stereocenters. The molecule has 2 heterocycles. The summed E-state index contributed by atoms with van der Waals surface area (Å²) in [5.74, 6) is -1.69. The Labute approximate surface area is 187 Å². The number of anilines is 1.